The van der Waals surface area contributed by atoms with Crippen molar-refractivity contribution < 1.29 is 0 Å². The third-order valence-electron chi connectivity index (χ3n) is 1.48. The van der Waals surface area contributed by atoms with Gasteiger partial charge >= 0.3 is 0 Å². The van der Waals surface area contributed by atoms with Gasteiger partial charge in [0.2, 0.25) is 0 Å². The molecule has 3 N–H and O–H groups in total. The molecule has 0 amide bonds. The van der Waals surface area contributed by atoms with Gasteiger partial charge in [-0.25, -0.2) is 0 Å². The Kier molecular flexibility index (Phi) is 2.60. The minimum atomic E-state index is 0.569. The molecular weight excluding hydrogens is 183 g/mol. The largest absolute Gasteiger partial charge is 0.323 e. The van der Waals surface area contributed by atoms with Crippen LogP contribution in [0, 0.1) is 6.92 Å². The molecule has 1 rings (SSSR count). The fraction of sp³-hybridized carbons (Fsp3) is 0.143. The molecule has 0 aliphatic heterocycles. The van der Waals surface area contributed by atoms with Crippen molar-refractivity contribution in [1.82, 2.24) is 0 Å². The molecule has 2 nitrogen and oxygen atoms in total. The van der Waals surface area contributed by atoms with E-state index in [-0.39, 0.29) is 0 Å². The van der Waals surface area contributed by atoms with Crippen molar-refractivity contribution in [2.24, 2.45) is 5.84 Å². The molecule has 0 aromatic heterocycles. The molecule has 4 heteroatoms. The van der Waals surface area contributed by atoms with E-state index in [0.717, 1.165) is 5.56 Å². The number of nitrogens with two attached hydrogens (primary N) is 1. The third-order valence-corrected chi connectivity index (χ3v) is 2.37. The van der Waals surface area contributed by atoms with Crippen LogP contribution in [0.15, 0.2) is 12.1 Å². The second kappa shape index (κ2) is 3.30. The predicted molar refractivity (Wildman–Crippen MR) is 49.0 cm³/mol. The molecule has 0 aliphatic carbocycles. The SMILES string of the molecule is Cc1c(Cl)ccc(NN)c1Cl. The average molecular weight is 191 g/mol. The summed E-state index contributed by atoms with van der Waals surface area (Å²) in [4.78, 5) is 0. The van der Waals surface area contributed by atoms with E-state index in [1.54, 1.807) is 12.1 Å². The maximum Gasteiger partial charge on any atom is 0.0694 e. The number of hydrogen-bond donors (Lipinski definition) is 2. The van der Waals surface area contributed by atoms with Crippen molar-refractivity contribution in [1.29, 1.82) is 0 Å². The Morgan fingerprint density at radius 2 is 2.00 bits per heavy atom. The van der Waals surface area contributed by atoms with E-state index in [1.807, 2.05) is 6.92 Å². The van der Waals surface area contributed by atoms with Gasteiger partial charge in [-0.3, -0.25) is 5.84 Å². The smallest absolute Gasteiger partial charge is 0.0694 e. The van der Waals surface area contributed by atoms with Gasteiger partial charge in [0.15, 0.2) is 0 Å². The van der Waals surface area contributed by atoms with E-state index < -0.39 is 0 Å². The van der Waals surface area contributed by atoms with E-state index in [0.29, 0.717) is 15.7 Å². The van der Waals surface area contributed by atoms with Crippen molar-refractivity contribution in [2.45, 2.75) is 6.92 Å². The van der Waals surface area contributed by atoms with Crippen LogP contribution < -0.4 is 11.3 Å². The standard InChI is InChI=1S/C7H8Cl2N2/c1-4-5(8)2-3-6(11-10)7(4)9/h2-3,11H,10H2,1H3. The highest BCUT2D eigenvalue weighted by molar-refractivity contribution is 6.37. The Balaban J connectivity index is 3.25. The van der Waals surface area contributed by atoms with Crippen LogP contribution in [-0.2, 0) is 0 Å². The van der Waals surface area contributed by atoms with Crippen LogP contribution in [0.5, 0.6) is 0 Å². The first-order valence-corrected chi connectivity index (χ1v) is 3.83. The van der Waals surface area contributed by atoms with Gasteiger partial charge in [0, 0.05) is 5.02 Å². The Labute approximate surface area is 75.3 Å². The second-order valence-corrected chi connectivity index (χ2v) is 2.96. The molecule has 0 radical (unpaired) electrons. The van der Waals surface area contributed by atoms with E-state index in [2.05, 4.69) is 5.43 Å². The molecule has 1 aromatic carbocycles. The number of benzene rings is 1. The van der Waals surface area contributed by atoms with Gasteiger partial charge in [-0.05, 0) is 24.6 Å². The molecular formula is C7H8Cl2N2. The lowest BCUT2D eigenvalue weighted by Crippen LogP contribution is -2.07. The fourth-order valence-corrected chi connectivity index (χ4v) is 1.20. The molecule has 1 aromatic rings. The van der Waals surface area contributed by atoms with Gasteiger partial charge in [0.25, 0.3) is 0 Å². The van der Waals surface area contributed by atoms with Crippen molar-refractivity contribution in [3.63, 3.8) is 0 Å². The van der Waals surface area contributed by atoms with Gasteiger partial charge in [-0.1, -0.05) is 23.2 Å². The van der Waals surface area contributed by atoms with Crippen molar-refractivity contribution in [3.05, 3.63) is 27.7 Å². The molecule has 0 spiro atoms. The van der Waals surface area contributed by atoms with Crippen LogP contribution in [0.3, 0.4) is 0 Å². The van der Waals surface area contributed by atoms with Crippen molar-refractivity contribution in [2.75, 3.05) is 5.43 Å². The average Bonchev–Trinajstić information content (AvgIpc) is 2.01. The third kappa shape index (κ3) is 1.59. The summed E-state index contributed by atoms with van der Waals surface area (Å²) >= 11 is 11.7. The van der Waals surface area contributed by atoms with Crippen LogP contribution in [-0.4, -0.2) is 0 Å². The molecule has 0 unspecified atom stereocenters. The number of halogens is 2. The minimum Gasteiger partial charge on any atom is -0.323 e. The number of rotatable bonds is 1. The lowest BCUT2D eigenvalue weighted by molar-refractivity contribution is 1.33. The van der Waals surface area contributed by atoms with E-state index in [9.17, 15) is 0 Å². The normalized spacial score (nSPS) is 9.82. The highest BCUT2D eigenvalue weighted by Gasteiger charge is 2.04. The van der Waals surface area contributed by atoms with Crippen LogP contribution in [0.1, 0.15) is 5.56 Å². The highest BCUT2D eigenvalue weighted by Crippen LogP contribution is 2.29. The molecule has 0 bridgehead atoms. The van der Waals surface area contributed by atoms with Gasteiger partial charge in [-0.2, -0.15) is 0 Å². The lowest BCUT2D eigenvalue weighted by Gasteiger charge is -2.06. The molecule has 0 saturated carbocycles. The zero-order valence-electron chi connectivity index (χ0n) is 5.99. The molecule has 0 aliphatic rings. The first kappa shape index (κ1) is 8.65. The first-order chi connectivity index (χ1) is 5.16. The van der Waals surface area contributed by atoms with Gasteiger partial charge < -0.3 is 5.43 Å². The van der Waals surface area contributed by atoms with Crippen molar-refractivity contribution >= 4 is 28.9 Å². The first-order valence-electron chi connectivity index (χ1n) is 3.08. The molecule has 11 heavy (non-hydrogen) atoms. The van der Waals surface area contributed by atoms with Crippen LogP contribution >= 0.6 is 23.2 Å². The maximum atomic E-state index is 5.87. The Hall–Kier alpha value is -0.440. The summed E-state index contributed by atoms with van der Waals surface area (Å²) in [5, 5.41) is 1.22. The summed E-state index contributed by atoms with van der Waals surface area (Å²) in [6, 6.07) is 3.48. The Bertz CT molecular complexity index is 273. The minimum absolute atomic E-state index is 0.569. The summed E-state index contributed by atoms with van der Waals surface area (Å²) in [5.41, 5.74) is 4.00. The Morgan fingerprint density at radius 3 is 2.55 bits per heavy atom. The predicted octanol–water partition coefficient (Wildman–Crippen LogP) is 2.59. The number of anilines is 1. The van der Waals surface area contributed by atoms with Crippen LogP contribution in [0.25, 0.3) is 0 Å². The summed E-state index contributed by atoms with van der Waals surface area (Å²) in [6.07, 6.45) is 0. The molecule has 0 atom stereocenters. The summed E-state index contributed by atoms with van der Waals surface area (Å²) in [6.45, 7) is 1.84. The topological polar surface area (TPSA) is 38.0 Å². The highest BCUT2D eigenvalue weighted by atomic mass is 35.5. The molecule has 0 saturated heterocycles. The van der Waals surface area contributed by atoms with Crippen LogP contribution in [0.2, 0.25) is 10.0 Å². The molecule has 0 heterocycles. The summed E-state index contributed by atoms with van der Waals surface area (Å²) in [5.74, 6) is 5.19. The molecule has 0 fully saturated rings. The van der Waals surface area contributed by atoms with E-state index in [4.69, 9.17) is 29.0 Å². The number of hydrogen-bond acceptors (Lipinski definition) is 2. The van der Waals surface area contributed by atoms with E-state index in [1.165, 1.54) is 0 Å². The van der Waals surface area contributed by atoms with E-state index >= 15 is 0 Å². The second-order valence-electron chi connectivity index (χ2n) is 2.18. The number of hydrazine groups is 1. The Morgan fingerprint density at radius 1 is 1.36 bits per heavy atom. The molecule has 60 valence electrons. The number of nitrogens with one attached hydrogen (secondary N) is 1. The summed E-state index contributed by atoms with van der Waals surface area (Å²) < 4.78 is 0. The monoisotopic (exact) mass is 190 g/mol. The lowest BCUT2D eigenvalue weighted by atomic mass is 10.2. The zero-order valence-corrected chi connectivity index (χ0v) is 7.50. The quantitative estimate of drug-likeness (QED) is 0.528. The summed E-state index contributed by atoms with van der Waals surface area (Å²) in [7, 11) is 0. The van der Waals surface area contributed by atoms with Crippen molar-refractivity contribution in [3.8, 4) is 0 Å². The van der Waals surface area contributed by atoms with Gasteiger partial charge in [0.05, 0.1) is 10.7 Å². The maximum absolute atomic E-state index is 5.87. The van der Waals surface area contributed by atoms with Crippen LogP contribution in [0.4, 0.5) is 5.69 Å². The fourth-order valence-electron chi connectivity index (χ4n) is 0.773. The zero-order chi connectivity index (χ0) is 8.43. The number of nitrogen functional groups attached to an aromatic ring is 1. The van der Waals surface area contributed by atoms with Gasteiger partial charge in [0.1, 0.15) is 0 Å². The van der Waals surface area contributed by atoms with Gasteiger partial charge in [-0.15, -0.1) is 0 Å².